The Morgan fingerprint density at radius 1 is 1.03 bits per heavy atom. The molecule has 31 heavy (non-hydrogen) atoms. The van der Waals surface area contributed by atoms with Crippen LogP contribution in [0.25, 0.3) is 11.1 Å². The van der Waals surface area contributed by atoms with Crippen LogP contribution in [-0.2, 0) is 13.1 Å². The summed E-state index contributed by atoms with van der Waals surface area (Å²) in [4.78, 5) is 12.1. The van der Waals surface area contributed by atoms with E-state index in [0.29, 0.717) is 0 Å². The molecule has 1 aromatic heterocycles. The lowest BCUT2D eigenvalue weighted by Crippen LogP contribution is -2.25. The Labute approximate surface area is 184 Å². The van der Waals surface area contributed by atoms with Crippen molar-refractivity contribution in [1.29, 1.82) is 0 Å². The fraction of sp³-hybridized carbons (Fsp3) is 0.360. The van der Waals surface area contributed by atoms with Gasteiger partial charge in [0, 0.05) is 26.2 Å². The number of rotatable bonds is 8. The van der Waals surface area contributed by atoms with Gasteiger partial charge in [-0.2, -0.15) is 0 Å². The minimum Gasteiger partial charge on any atom is -0.497 e. The van der Waals surface area contributed by atoms with Crippen LogP contribution < -0.4 is 15.4 Å². The molecule has 2 aromatic carbocycles. The second kappa shape index (κ2) is 9.90. The van der Waals surface area contributed by atoms with Gasteiger partial charge in [-0.3, -0.25) is 4.90 Å². The molecule has 1 aliphatic rings. The van der Waals surface area contributed by atoms with E-state index in [-0.39, 0.29) is 6.04 Å². The van der Waals surface area contributed by atoms with E-state index in [1.807, 2.05) is 32.3 Å². The first-order chi connectivity index (χ1) is 15.2. The number of likely N-dealkylation sites (tertiary alicyclic amines) is 1. The van der Waals surface area contributed by atoms with E-state index in [9.17, 15) is 0 Å². The molecule has 2 N–H and O–H groups in total. The smallest absolute Gasteiger partial charge is 0.148 e. The van der Waals surface area contributed by atoms with Gasteiger partial charge in [-0.25, -0.2) is 9.97 Å². The molecule has 2 heterocycles. The van der Waals surface area contributed by atoms with Gasteiger partial charge in [-0.05, 0) is 61.3 Å². The highest BCUT2D eigenvalue weighted by atomic mass is 16.5. The quantitative estimate of drug-likeness (QED) is 0.571. The van der Waals surface area contributed by atoms with Crippen molar-refractivity contribution >= 4 is 5.82 Å². The molecule has 0 spiro atoms. The SMILES string of the molecule is CNCc1cc(NC)nc([C@@H]2CCCN2Cc2cccc(-c3cccc(OC)c3)c2)n1. The number of methoxy groups -OCH3 is 1. The molecule has 1 aliphatic heterocycles. The van der Waals surface area contributed by atoms with Crippen molar-refractivity contribution in [2.45, 2.75) is 32.0 Å². The summed E-state index contributed by atoms with van der Waals surface area (Å²) in [5, 5.41) is 6.37. The molecule has 1 fully saturated rings. The standard InChI is InChI=1S/C25H31N5O/c1-26-16-21-15-24(27-2)29-25(28-21)23-11-6-12-30(23)17-18-7-4-8-19(13-18)20-9-5-10-22(14-20)31-3/h4-5,7-10,13-15,23,26H,6,11-12,16-17H2,1-3H3,(H,27,28,29)/t23-/m0/s1. The summed E-state index contributed by atoms with van der Waals surface area (Å²) in [5.41, 5.74) is 4.69. The van der Waals surface area contributed by atoms with Crippen molar-refractivity contribution in [2.24, 2.45) is 0 Å². The Morgan fingerprint density at radius 3 is 2.61 bits per heavy atom. The topological polar surface area (TPSA) is 62.3 Å². The Bertz CT molecular complexity index is 1020. The van der Waals surface area contributed by atoms with E-state index in [1.54, 1.807) is 7.11 Å². The summed E-state index contributed by atoms with van der Waals surface area (Å²) < 4.78 is 5.39. The van der Waals surface area contributed by atoms with E-state index in [0.717, 1.165) is 55.6 Å². The monoisotopic (exact) mass is 417 g/mol. The highest BCUT2D eigenvalue weighted by molar-refractivity contribution is 5.65. The van der Waals surface area contributed by atoms with Gasteiger partial charge in [0.05, 0.1) is 18.8 Å². The van der Waals surface area contributed by atoms with Gasteiger partial charge >= 0.3 is 0 Å². The Morgan fingerprint density at radius 2 is 1.84 bits per heavy atom. The third-order valence-electron chi connectivity index (χ3n) is 5.79. The molecule has 162 valence electrons. The zero-order valence-electron chi connectivity index (χ0n) is 18.6. The second-order valence-corrected chi connectivity index (χ2v) is 7.94. The second-order valence-electron chi connectivity index (χ2n) is 7.94. The van der Waals surface area contributed by atoms with E-state index in [1.165, 1.54) is 16.7 Å². The van der Waals surface area contributed by atoms with Crippen molar-refractivity contribution in [2.75, 3.05) is 33.1 Å². The maximum Gasteiger partial charge on any atom is 0.148 e. The average Bonchev–Trinajstić information content (AvgIpc) is 3.27. The lowest BCUT2D eigenvalue weighted by Gasteiger charge is -2.24. The van der Waals surface area contributed by atoms with Crippen molar-refractivity contribution < 1.29 is 4.74 Å². The third-order valence-corrected chi connectivity index (χ3v) is 5.79. The minimum atomic E-state index is 0.240. The molecule has 1 saturated heterocycles. The van der Waals surface area contributed by atoms with Crippen molar-refractivity contribution in [3.63, 3.8) is 0 Å². The van der Waals surface area contributed by atoms with Gasteiger partial charge < -0.3 is 15.4 Å². The number of anilines is 1. The van der Waals surface area contributed by atoms with Gasteiger partial charge in [0.2, 0.25) is 0 Å². The van der Waals surface area contributed by atoms with Crippen LogP contribution in [0.1, 0.15) is 36.0 Å². The van der Waals surface area contributed by atoms with Gasteiger partial charge in [0.15, 0.2) is 0 Å². The molecular formula is C25H31N5O. The first kappa shape index (κ1) is 21.3. The van der Waals surface area contributed by atoms with Crippen LogP contribution in [0.15, 0.2) is 54.6 Å². The summed E-state index contributed by atoms with van der Waals surface area (Å²) in [7, 11) is 5.56. The third kappa shape index (κ3) is 5.03. The van der Waals surface area contributed by atoms with Gasteiger partial charge in [-0.15, -0.1) is 0 Å². The van der Waals surface area contributed by atoms with E-state index < -0.39 is 0 Å². The van der Waals surface area contributed by atoms with Crippen LogP contribution in [-0.4, -0.2) is 42.6 Å². The Balaban J connectivity index is 1.56. The molecule has 4 rings (SSSR count). The fourth-order valence-electron chi connectivity index (χ4n) is 4.26. The molecular weight excluding hydrogens is 386 g/mol. The molecule has 1 atom stereocenters. The zero-order valence-corrected chi connectivity index (χ0v) is 18.6. The lowest BCUT2D eigenvalue weighted by atomic mass is 10.0. The van der Waals surface area contributed by atoms with Gasteiger partial charge in [0.25, 0.3) is 0 Å². The molecule has 0 radical (unpaired) electrons. The van der Waals surface area contributed by atoms with Crippen LogP contribution in [0.2, 0.25) is 0 Å². The average molecular weight is 418 g/mol. The lowest BCUT2D eigenvalue weighted by molar-refractivity contribution is 0.239. The van der Waals surface area contributed by atoms with Crippen molar-refractivity contribution in [3.05, 3.63) is 71.7 Å². The van der Waals surface area contributed by atoms with Crippen molar-refractivity contribution in [3.8, 4) is 16.9 Å². The zero-order chi connectivity index (χ0) is 21.6. The summed E-state index contributed by atoms with van der Waals surface area (Å²) >= 11 is 0. The molecule has 6 heteroatoms. The van der Waals surface area contributed by atoms with Crippen molar-refractivity contribution in [1.82, 2.24) is 20.2 Å². The van der Waals surface area contributed by atoms with E-state index in [2.05, 4.69) is 51.9 Å². The normalized spacial score (nSPS) is 16.4. The number of benzene rings is 2. The molecule has 0 unspecified atom stereocenters. The molecule has 0 aliphatic carbocycles. The highest BCUT2D eigenvalue weighted by Crippen LogP contribution is 2.33. The van der Waals surface area contributed by atoms with Crippen LogP contribution >= 0.6 is 0 Å². The Kier molecular flexibility index (Phi) is 6.79. The van der Waals surface area contributed by atoms with Crippen LogP contribution in [0.5, 0.6) is 5.75 Å². The number of aromatic nitrogens is 2. The predicted octanol–water partition coefficient (Wildman–Crippen LogP) is 4.25. The number of nitrogens with one attached hydrogen (secondary N) is 2. The van der Waals surface area contributed by atoms with Crippen LogP contribution in [0, 0.1) is 0 Å². The molecule has 6 nitrogen and oxygen atoms in total. The largest absolute Gasteiger partial charge is 0.497 e. The van der Waals surface area contributed by atoms with Crippen LogP contribution in [0.4, 0.5) is 5.82 Å². The van der Waals surface area contributed by atoms with Gasteiger partial charge in [-0.1, -0.05) is 30.3 Å². The minimum absolute atomic E-state index is 0.240. The number of ether oxygens (including phenoxy) is 1. The predicted molar refractivity (Wildman–Crippen MR) is 125 cm³/mol. The van der Waals surface area contributed by atoms with Gasteiger partial charge in [0.1, 0.15) is 17.4 Å². The van der Waals surface area contributed by atoms with E-state index >= 15 is 0 Å². The molecule has 0 saturated carbocycles. The number of hydrogen-bond acceptors (Lipinski definition) is 6. The summed E-state index contributed by atoms with van der Waals surface area (Å²) in [6.07, 6.45) is 2.25. The maximum absolute atomic E-state index is 5.39. The fourth-order valence-corrected chi connectivity index (χ4v) is 4.26. The van der Waals surface area contributed by atoms with Crippen LogP contribution in [0.3, 0.4) is 0 Å². The highest BCUT2D eigenvalue weighted by Gasteiger charge is 2.29. The first-order valence-electron chi connectivity index (χ1n) is 10.9. The summed E-state index contributed by atoms with van der Waals surface area (Å²) in [6, 6.07) is 19.2. The number of nitrogens with zero attached hydrogens (tertiary/aromatic N) is 3. The molecule has 0 amide bonds. The summed E-state index contributed by atoms with van der Waals surface area (Å²) in [5.74, 6) is 2.67. The first-order valence-corrected chi connectivity index (χ1v) is 10.9. The maximum atomic E-state index is 5.39. The molecule has 0 bridgehead atoms. The summed E-state index contributed by atoms with van der Waals surface area (Å²) in [6.45, 7) is 2.68. The molecule has 3 aromatic rings. The number of hydrogen-bond donors (Lipinski definition) is 2. The van der Waals surface area contributed by atoms with E-state index in [4.69, 9.17) is 14.7 Å². The Hall–Kier alpha value is -2.96.